The van der Waals surface area contributed by atoms with E-state index in [1.807, 2.05) is 32.9 Å². The van der Waals surface area contributed by atoms with Crippen molar-refractivity contribution < 1.29 is 46.8 Å². The average molecular weight is 569 g/mol. The van der Waals surface area contributed by atoms with E-state index in [1.54, 1.807) is 35.0 Å². The Kier molecular flexibility index (Phi) is 8.27. The zero-order valence-electron chi connectivity index (χ0n) is 19.7. The third-order valence-corrected chi connectivity index (χ3v) is 6.50. The summed E-state index contributed by atoms with van der Waals surface area (Å²) in [5.74, 6) is -0.395. The number of sulfonamides is 1. The van der Waals surface area contributed by atoms with Crippen molar-refractivity contribution in [2.75, 3.05) is 5.43 Å². The Morgan fingerprint density at radius 1 is 1.00 bits per heavy atom. The van der Waals surface area contributed by atoms with Gasteiger partial charge >= 0.3 is 5.91 Å². The summed E-state index contributed by atoms with van der Waals surface area (Å²) in [5, 5.41) is 6.29. The van der Waals surface area contributed by atoms with Gasteiger partial charge in [0.15, 0.2) is 0 Å². The van der Waals surface area contributed by atoms with Gasteiger partial charge in [0.1, 0.15) is 5.69 Å². The number of carbonyl (C=O) groups excluding carboxylic acids is 1. The Bertz CT molecular complexity index is 1570. The highest BCUT2D eigenvalue weighted by molar-refractivity contribution is 7.89. The highest BCUT2D eigenvalue weighted by Crippen LogP contribution is 2.37. The summed E-state index contributed by atoms with van der Waals surface area (Å²) in [6, 6.07) is 15.4. The maximum absolute atomic E-state index is 13.4. The SMILES string of the molecule is Cc1cc(C)[n+](NC(=O)c2[nH]c3ccc(S(N)(=O)=O)cc3c2-c2ccccc2Cl)c(C)c1.[O-][Cl+3]([O-])([O-])[O-]. The lowest BCUT2D eigenvalue weighted by Gasteiger charge is -2.17. The molecule has 4 rings (SSSR count). The van der Waals surface area contributed by atoms with E-state index < -0.39 is 26.2 Å². The van der Waals surface area contributed by atoms with Gasteiger partial charge in [0.2, 0.25) is 21.4 Å². The molecule has 0 aliphatic rings. The van der Waals surface area contributed by atoms with Gasteiger partial charge in [0, 0.05) is 53.0 Å². The molecular formula is C23H22Cl2N4O7S. The van der Waals surface area contributed by atoms with Crippen LogP contribution in [0.25, 0.3) is 22.0 Å². The number of hydrogen-bond donors (Lipinski definition) is 3. The van der Waals surface area contributed by atoms with Crippen LogP contribution in [0.15, 0.2) is 59.5 Å². The van der Waals surface area contributed by atoms with Gasteiger partial charge < -0.3 is 4.98 Å². The molecule has 196 valence electrons. The zero-order valence-corrected chi connectivity index (χ0v) is 22.1. The molecule has 0 unspecified atom stereocenters. The number of carbonyl (C=O) groups is 1. The molecule has 14 heteroatoms. The van der Waals surface area contributed by atoms with Crippen molar-refractivity contribution in [1.82, 2.24) is 4.98 Å². The number of pyridine rings is 1. The van der Waals surface area contributed by atoms with E-state index in [9.17, 15) is 13.2 Å². The molecule has 11 nitrogen and oxygen atoms in total. The van der Waals surface area contributed by atoms with Crippen LogP contribution in [0.2, 0.25) is 5.02 Å². The van der Waals surface area contributed by atoms with Crippen LogP contribution in [0, 0.1) is 31.0 Å². The Morgan fingerprint density at radius 3 is 2.11 bits per heavy atom. The van der Waals surface area contributed by atoms with Gasteiger partial charge in [0.05, 0.1) is 4.90 Å². The number of nitrogens with two attached hydrogens (primary N) is 1. The summed E-state index contributed by atoms with van der Waals surface area (Å²) in [6.45, 7) is 5.79. The Balaban J connectivity index is 0.000000695. The van der Waals surface area contributed by atoms with Gasteiger partial charge in [-0.25, -0.2) is 32.2 Å². The second-order valence-corrected chi connectivity index (χ2v) is 10.8. The predicted octanol–water partition coefficient (Wildman–Crippen LogP) is -1.02. The summed E-state index contributed by atoms with van der Waals surface area (Å²) in [7, 11) is -8.87. The fraction of sp³-hybridized carbons (Fsp3) is 0.130. The number of primary sulfonamides is 1. The largest absolute Gasteiger partial charge is 0.350 e. The van der Waals surface area contributed by atoms with E-state index in [2.05, 4.69) is 10.4 Å². The second kappa shape index (κ2) is 10.7. The number of aromatic amines is 1. The van der Waals surface area contributed by atoms with Crippen LogP contribution in [0.1, 0.15) is 27.4 Å². The number of nitrogens with one attached hydrogen (secondary N) is 2. The normalized spacial score (nSPS) is 11.7. The van der Waals surface area contributed by atoms with E-state index in [-0.39, 0.29) is 10.6 Å². The van der Waals surface area contributed by atoms with Gasteiger partial charge in [-0.15, -0.1) is 15.7 Å². The van der Waals surface area contributed by atoms with Gasteiger partial charge in [-0.05, 0) is 36.8 Å². The highest BCUT2D eigenvalue weighted by Gasteiger charge is 2.25. The van der Waals surface area contributed by atoms with Crippen LogP contribution in [-0.2, 0) is 10.0 Å². The lowest BCUT2D eigenvalue weighted by atomic mass is 10.0. The minimum absolute atomic E-state index is 0.0520. The lowest BCUT2D eigenvalue weighted by Crippen LogP contribution is -2.68. The molecule has 4 N–H and O–H groups in total. The van der Waals surface area contributed by atoms with Gasteiger partial charge in [-0.3, -0.25) is 4.79 Å². The molecule has 0 spiro atoms. The number of aryl methyl sites for hydroxylation is 3. The zero-order chi connectivity index (χ0) is 27.7. The monoisotopic (exact) mass is 568 g/mol. The number of aromatic nitrogens is 2. The molecule has 0 atom stereocenters. The number of benzene rings is 2. The van der Waals surface area contributed by atoms with Crippen molar-refractivity contribution in [3.05, 3.63) is 82.3 Å². The van der Waals surface area contributed by atoms with E-state index in [0.29, 0.717) is 27.1 Å². The Hall–Kier alpha value is -3.07. The van der Waals surface area contributed by atoms with Crippen LogP contribution in [0.3, 0.4) is 0 Å². The van der Waals surface area contributed by atoms with Gasteiger partial charge in [-0.1, -0.05) is 34.5 Å². The average Bonchev–Trinajstić information content (AvgIpc) is 3.13. The van der Waals surface area contributed by atoms with Crippen LogP contribution in [-0.4, -0.2) is 19.3 Å². The molecule has 1 amide bonds. The molecule has 2 aromatic heterocycles. The van der Waals surface area contributed by atoms with E-state index in [4.69, 9.17) is 35.4 Å². The minimum Gasteiger partial charge on any atom is -0.350 e. The first-order valence-corrected chi connectivity index (χ1v) is 13.6. The van der Waals surface area contributed by atoms with Crippen molar-refractivity contribution in [1.29, 1.82) is 0 Å². The summed E-state index contributed by atoms with van der Waals surface area (Å²) in [6.07, 6.45) is 0. The van der Waals surface area contributed by atoms with Crippen molar-refractivity contribution in [3.8, 4) is 11.1 Å². The molecule has 2 aromatic carbocycles. The quantitative estimate of drug-likeness (QED) is 0.261. The molecule has 0 saturated heterocycles. The summed E-state index contributed by atoms with van der Waals surface area (Å²) < 4.78 is 59.5. The fourth-order valence-electron chi connectivity index (χ4n) is 3.90. The molecule has 0 bridgehead atoms. The Morgan fingerprint density at radius 2 is 1.57 bits per heavy atom. The number of amides is 1. The first-order chi connectivity index (χ1) is 17.1. The maximum atomic E-state index is 13.4. The van der Waals surface area contributed by atoms with E-state index in [0.717, 1.165) is 17.0 Å². The number of rotatable bonds is 4. The van der Waals surface area contributed by atoms with Gasteiger partial charge in [0.25, 0.3) is 0 Å². The van der Waals surface area contributed by atoms with E-state index in [1.165, 1.54) is 12.1 Å². The van der Waals surface area contributed by atoms with Crippen molar-refractivity contribution >= 4 is 38.4 Å². The highest BCUT2D eigenvalue weighted by atomic mass is 35.7. The second-order valence-electron chi connectivity index (χ2n) is 8.08. The van der Waals surface area contributed by atoms with Crippen molar-refractivity contribution in [2.24, 2.45) is 5.14 Å². The first kappa shape index (κ1) is 28.5. The molecule has 0 fully saturated rings. The van der Waals surface area contributed by atoms with Crippen LogP contribution < -0.4 is 33.9 Å². The molecule has 2 heterocycles. The third-order valence-electron chi connectivity index (χ3n) is 5.26. The molecule has 0 aliphatic carbocycles. The van der Waals surface area contributed by atoms with Gasteiger partial charge in [-0.2, -0.15) is 0 Å². The predicted molar refractivity (Wildman–Crippen MR) is 125 cm³/mol. The number of fused-ring (bicyclic) bond motifs is 1. The fourth-order valence-corrected chi connectivity index (χ4v) is 4.67. The number of halogens is 2. The van der Waals surface area contributed by atoms with Crippen LogP contribution in [0.4, 0.5) is 0 Å². The maximum Gasteiger partial charge on any atom is 0.322 e. The van der Waals surface area contributed by atoms with Crippen LogP contribution >= 0.6 is 11.6 Å². The third kappa shape index (κ3) is 7.03. The smallest absolute Gasteiger partial charge is 0.322 e. The number of H-pyrrole nitrogens is 1. The summed E-state index contributed by atoms with van der Waals surface area (Å²) >= 11 is 6.46. The molecule has 37 heavy (non-hydrogen) atoms. The summed E-state index contributed by atoms with van der Waals surface area (Å²) in [4.78, 5) is 16.5. The molecule has 0 aliphatic heterocycles. The van der Waals surface area contributed by atoms with Crippen molar-refractivity contribution in [3.63, 3.8) is 0 Å². The molecule has 0 radical (unpaired) electrons. The summed E-state index contributed by atoms with van der Waals surface area (Å²) in [5.41, 5.74) is 7.66. The van der Waals surface area contributed by atoms with Crippen LogP contribution in [0.5, 0.6) is 0 Å². The lowest BCUT2D eigenvalue weighted by molar-refractivity contribution is -2.00. The standard InChI is InChI=1S/C23H21ClN4O3S.ClHO4/c1-13-10-14(2)28(15(3)11-13)27-23(29)22-21(17-6-4-5-7-19(17)24)18-12-16(32(25,30)31)8-9-20(18)26-22;2-1(3,4)5/h4-12H,1-3H3,(H3-,25,26,27,29,30,31);(H,2,3,4,5). The van der Waals surface area contributed by atoms with E-state index >= 15 is 0 Å². The Labute approximate surface area is 219 Å². The molecule has 0 saturated carbocycles. The number of hydrogen-bond acceptors (Lipinski definition) is 7. The van der Waals surface area contributed by atoms with Crippen molar-refractivity contribution in [2.45, 2.75) is 25.7 Å². The molecular weight excluding hydrogens is 547 g/mol. The first-order valence-electron chi connectivity index (χ1n) is 10.4. The molecule has 4 aromatic rings. The minimum atomic E-state index is -4.94. The number of nitrogens with zero attached hydrogens (tertiary/aromatic N) is 1. The topological polar surface area (TPSA) is 201 Å².